The summed E-state index contributed by atoms with van der Waals surface area (Å²) in [4.78, 5) is 8.66. The average Bonchev–Trinajstić information content (AvgIpc) is 2.44. The Kier molecular flexibility index (Phi) is 4.49. The van der Waals surface area contributed by atoms with Crippen LogP contribution in [0.2, 0.25) is 0 Å². The molecule has 0 fully saturated rings. The number of ether oxygens (including phenoxy) is 1. The Labute approximate surface area is 118 Å². The summed E-state index contributed by atoms with van der Waals surface area (Å²) in [7, 11) is 1.67. The topological polar surface area (TPSA) is 85.1 Å². The van der Waals surface area contributed by atoms with Crippen LogP contribution < -0.4 is 16.6 Å². The molecule has 0 spiro atoms. The third-order valence-corrected chi connectivity index (χ3v) is 2.96. The molecule has 0 unspecified atom stereocenters. The molecule has 1 heterocycles. The second kappa shape index (κ2) is 6.31. The van der Waals surface area contributed by atoms with Crippen molar-refractivity contribution in [2.45, 2.75) is 20.5 Å². The minimum absolute atomic E-state index is 0.536. The van der Waals surface area contributed by atoms with Crippen molar-refractivity contribution in [3.8, 4) is 0 Å². The van der Waals surface area contributed by atoms with E-state index in [-0.39, 0.29) is 0 Å². The molecule has 20 heavy (non-hydrogen) atoms. The van der Waals surface area contributed by atoms with Gasteiger partial charge >= 0.3 is 0 Å². The molecule has 0 aliphatic rings. The Morgan fingerprint density at radius 2 is 1.85 bits per heavy atom. The van der Waals surface area contributed by atoms with Crippen LogP contribution >= 0.6 is 0 Å². The number of methoxy groups -OCH3 is 1. The van der Waals surface area contributed by atoms with E-state index in [1.807, 2.05) is 38.1 Å². The summed E-state index contributed by atoms with van der Waals surface area (Å²) >= 11 is 0. The fourth-order valence-corrected chi connectivity index (χ4v) is 1.94. The third kappa shape index (κ3) is 3.04. The van der Waals surface area contributed by atoms with Gasteiger partial charge in [-0.05, 0) is 19.9 Å². The predicted molar refractivity (Wildman–Crippen MR) is 79.8 cm³/mol. The molecule has 0 saturated carbocycles. The fraction of sp³-hybridized carbons (Fsp3) is 0.286. The molecular weight excluding hydrogens is 254 g/mol. The maximum atomic E-state index is 5.47. The normalized spacial score (nSPS) is 10.4. The van der Waals surface area contributed by atoms with Crippen LogP contribution in [0.3, 0.4) is 0 Å². The SMILES string of the molecule is COCc1ccccc1Nc1nc(C)nc(NN)c1C. The summed E-state index contributed by atoms with van der Waals surface area (Å²) in [5, 5.41) is 3.31. The number of nitrogen functional groups attached to an aromatic ring is 1. The zero-order chi connectivity index (χ0) is 14.5. The van der Waals surface area contributed by atoms with Crippen LogP contribution in [0.25, 0.3) is 0 Å². The smallest absolute Gasteiger partial charge is 0.148 e. The number of hydrazine groups is 1. The van der Waals surface area contributed by atoms with Crippen LogP contribution in [0.4, 0.5) is 17.3 Å². The number of aryl methyl sites for hydroxylation is 1. The van der Waals surface area contributed by atoms with Gasteiger partial charge in [0.25, 0.3) is 0 Å². The zero-order valence-electron chi connectivity index (χ0n) is 11.9. The van der Waals surface area contributed by atoms with E-state index in [0.717, 1.165) is 22.6 Å². The molecule has 1 aromatic carbocycles. The highest BCUT2D eigenvalue weighted by Crippen LogP contribution is 2.25. The van der Waals surface area contributed by atoms with Crippen molar-refractivity contribution in [1.29, 1.82) is 0 Å². The van der Waals surface area contributed by atoms with Crippen molar-refractivity contribution in [3.05, 3.63) is 41.2 Å². The van der Waals surface area contributed by atoms with Crippen molar-refractivity contribution < 1.29 is 4.74 Å². The molecule has 0 atom stereocenters. The van der Waals surface area contributed by atoms with Gasteiger partial charge in [0.2, 0.25) is 0 Å². The van der Waals surface area contributed by atoms with Crippen molar-refractivity contribution >= 4 is 17.3 Å². The van der Waals surface area contributed by atoms with Crippen molar-refractivity contribution in [2.24, 2.45) is 5.84 Å². The number of rotatable bonds is 5. The summed E-state index contributed by atoms with van der Waals surface area (Å²) in [5.41, 5.74) is 5.47. The monoisotopic (exact) mass is 273 g/mol. The molecule has 0 aliphatic carbocycles. The van der Waals surface area contributed by atoms with Gasteiger partial charge in [0.05, 0.1) is 6.61 Å². The van der Waals surface area contributed by atoms with Gasteiger partial charge in [0.15, 0.2) is 0 Å². The zero-order valence-corrected chi connectivity index (χ0v) is 11.9. The number of aromatic nitrogens is 2. The van der Waals surface area contributed by atoms with Crippen LogP contribution in [-0.4, -0.2) is 17.1 Å². The molecule has 0 saturated heterocycles. The van der Waals surface area contributed by atoms with E-state index in [2.05, 4.69) is 20.7 Å². The lowest BCUT2D eigenvalue weighted by molar-refractivity contribution is 0.185. The molecule has 2 aromatic rings. The van der Waals surface area contributed by atoms with E-state index >= 15 is 0 Å². The lowest BCUT2D eigenvalue weighted by Gasteiger charge is -2.15. The fourth-order valence-electron chi connectivity index (χ4n) is 1.94. The Morgan fingerprint density at radius 3 is 2.55 bits per heavy atom. The minimum atomic E-state index is 0.536. The largest absolute Gasteiger partial charge is 0.380 e. The van der Waals surface area contributed by atoms with E-state index < -0.39 is 0 Å². The van der Waals surface area contributed by atoms with Crippen LogP contribution in [0.15, 0.2) is 24.3 Å². The summed E-state index contributed by atoms with van der Waals surface area (Å²) in [5.74, 6) is 7.47. The number of nitrogens with zero attached hydrogens (tertiary/aromatic N) is 2. The lowest BCUT2D eigenvalue weighted by atomic mass is 10.2. The summed E-state index contributed by atoms with van der Waals surface area (Å²) in [6, 6.07) is 7.94. The highest BCUT2D eigenvalue weighted by atomic mass is 16.5. The second-order valence-corrected chi connectivity index (χ2v) is 4.45. The Balaban J connectivity index is 2.37. The third-order valence-electron chi connectivity index (χ3n) is 2.96. The highest BCUT2D eigenvalue weighted by molar-refractivity contribution is 5.66. The van der Waals surface area contributed by atoms with Crippen LogP contribution in [0.5, 0.6) is 0 Å². The lowest BCUT2D eigenvalue weighted by Crippen LogP contribution is -2.13. The van der Waals surface area contributed by atoms with Crippen LogP contribution in [0.1, 0.15) is 17.0 Å². The molecule has 0 bridgehead atoms. The van der Waals surface area contributed by atoms with E-state index in [9.17, 15) is 0 Å². The van der Waals surface area contributed by atoms with Crippen LogP contribution in [0, 0.1) is 13.8 Å². The quantitative estimate of drug-likeness (QED) is 0.572. The van der Waals surface area contributed by atoms with E-state index in [1.54, 1.807) is 7.11 Å². The van der Waals surface area contributed by atoms with E-state index in [0.29, 0.717) is 18.2 Å². The Hall–Kier alpha value is -2.18. The van der Waals surface area contributed by atoms with Gasteiger partial charge < -0.3 is 15.5 Å². The van der Waals surface area contributed by atoms with Gasteiger partial charge in [-0.1, -0.05) is 18.2 Å². The summed E-state index contributed by atoms with van der Waals surface area (Å²) < 4.78 is 5.20. The second-order valence-electron chi connectivity index (χ2n) is 4.45. The number of anilines is 3. The Bertz CT molecular complexity index is 600. The summed E-state index contributed by atoms with van der Waals surface area (Å²) in [6.07, 6.45) is 0. The van der Waals surface area contributed by atoms with Crippen molar-refractivity contribution in [3.63, 3.8) is 0 Å². The van der Waals surface area contributed by atoms with Gasteiger partial charge in [-0.25, -0.2) is 15.8 Å². The molecule has 6 heteroatoms. The first-order valence-electron chi connectivity index (χ1n) is 6.31. The molecule has 0 aliphatic heterocycles. The molecule has 0 amide bonds. The highest BCUT2D eigenvalue weighted by Gasteiger charge is 2.10. The van der Waals surface area contributed by atoms with Gasteiger partial charge in [0, 0.05) is 23.9 Å². The molecule has 1 aromatic heterocycles. The molecule has 2 rings (SSSR count). The standard InChI is InChI=1S/C14H19N5O/c1-9-13(16-10(2)17-14(9)19-15)18-12-7-5-4-6-11(12)8-20-3/h4-7H,8,15H2,1-3H3,(H2,16,17,18,19). The first kappa shape index (κ1) is 14.2. The van der Waals surface area contributed by atoms with Gasteiger partial charge in [0.1, 0.15) is 17.5 Å². The number of para-hydroxylation sites is 1. The number of hydrogen-bond donors (Lipinski definition) is 3. The average molecular weight is 273 g/mol. The number of nitrogens with one attached hydrogen (secondary N) is 2. The first-order chi connectivity index (χ1) is 9.65. The number of hydrogen-bond acceptors (Lipinski definition) is 6. The van der Waals surface area contributed by atoms with Gasteiger partial charge in [-0.2, -0.15) is 0 Å². The minimum Gasteiger partial charge on any atom is -0.380 e. The summed E-state index contributed by atoms with van der Waals surface area (Å²) in [6.45, 7) is 4.27. The van der Waals surface area contributed by atoms with Gasteiger partial charge in [-0.15, -0.1) is 0 Å². The van der Waals surface area contributed by atoms with E-state index in [1.165, 1.54) is 0 Å². The number of nitrogens with two attached hydrogens (primary N) is 1. The molecule has 6 nitrogen and oxygen atoms in total. The first-order valence-corrected chi connectivity index (χ1v) is 6.31. The van der Waals surface area contributed by atoms with Crippen molar-refractivity contribution in [2.75, 3.05) is 17.9 Å². The maximum absolute atomic E-state index is 5.47. The molecule has 4 N–H and O–H groups in total. The number of benzene rings is 1. The molecule has 106 valence electrons. The Morgan fingerprint density at radius 1 is 1.15 bits per heavy atom. The predicted octanol–water partition coefficient (Wildman–Crippen LogP) is 2.27. The van der Waals surface area contributed by atoms with E-state index in [4.69, 9.17) is 10.6 Å². The van der Waals surface area contributed by atoms with Crippen molar-refractivity contribution in [1.82, 2.24) is 9.97 Å². The molecule has 0 radical (unpaired) electrons. The molecular formula is C14H19N5O. The van der Waals surface area contributed by atoms with Gasteiger partial charge in [-0.3, -0.25) is 0 Å². The van der Waals surface area contributed by atoms with Crippen LogP contribution in [-0.2, 0) is 11.3 Å². The maximum Gasteiger partial charge on any atom is 0.148 e.